The van der Waals surface area contributed by atoms with Crippen molar-refractivity contribution in [2.75, 3.05) is 7.11 Å². The van der Waals surface area contributed by atoms with E-state index in [1.807, 2.05) is 28.7 Å². The van der Waals surface area contributed by atoms with Crippen molar-refractivity contribution in [1.29, 1.82) is 0 Å². The molecule has 98 valence electrons. The SMILES string of the molecule is COc1ccc(-c2c(C)sc3ncc(CO)n23)cc1. The molecule has 0 radical (unpaired) electrons. The highest BCUT2D eigenvalue weighted by Crippen LogP contribution is 2.32. The molecular weight excluding hydrogens is 260 g/mol. The number of hydrogen-bond donors (Lipinski definition) is 1. The minimum Gasteiger partial charge on any atom is -0.497 e. The van der Waals surface area contributed by atoms with Crippen LogP contribution in [0.5, 0.6) is 5.75 Å². The molecular formula is C14H14N2O2S. The fourth-order valence-corrected chi connectivity index (χ4v) is 3.20. The van der Waals surface area contributed by atoms with E-state index in [1.54, 1.807) is 24.6 Å². The lowest BCUT2D eigenvalue weighted by Crippen LogP contribution is -1.94. The van der Waals surface area contributed by atoms with Crippen molar-refractivity contribution < 1.29 is 9.84 Å². The molecule has 0 amide bonds. The number of aliphatic hydroxyl groups is 1. The van der Waals surface area contributed by atoms with Gasteiger partial charge in [0.2, 0.25) is 0 Å². The zero-order valence-corrected chi connectivity index (χ0v) is 11.6. The molecule has 0 aliphatic heterocycles. The van der Waals surface area contributed by atoms with Gasteiger partial charge in [-0.2, -0.15) is 0 Å². The first-order chi connectivity index (χ1) is 9.24. The number of aryl methyl sites for hydroxylation is 1. The molecule has 4 nitrogen and oxygen atoms in total. The normalized spacial score (nSPS) is 11.1. The first-order valence-electron chi connectivity index (χ1n) is 5.95. The third kappa shape index (κ3) is 1.91. The second kappa shape index (κ2) is 4.68. The second-order valence-corrected chi connectivity index (χ2v) is 5.44. The molecule has 1 aromatic carbocycles. The lowest BCUT2D eigenvalue weighted by atomic mass is 10.1. The summed E-state index contributed by atoms with van der Waals surface area (Å²) in [6, 6.07) is 7.92. The van der Waals surface area contributed by atoms with E-state index in [1.165, 1.54) is 4.88 Å². The van der Waals surface area contributed by atoms with Crippen LogP contribution in [0, 0.1) is 6.92 Å². The van der Waals surface area contributed by atoms with Crippen molar-refractivity contribution in [3.05, 3.63) is 41.0 Å². The number of ether oxygens (including phenoxy) is 1. The van der Waals surface area contributed by atoms with E-state index in [4.69, 9.17) is 4.74 Å². The van der Waals surface area contributed by atoms with Gasteiger partial charge in [0.05, 0.1) is 31.3 Å². The number of benzene rings is 1. The van der Waals surface area contributed by atoms with Crippen LogP contribution < -0.4 is 4.74 Å². The van der Waals surface area contributed by atoms with Gasteiger partial charge in [-0.1, -0.05) is 0 Å². The maximum atomic E-state index is 9.41. The summed E-state index contributed by atoms with van der Waals surface area (Å²) in [5.74, 6) is 0.834. The lowest BCUT2D eigenvalue weighted by molar-refractivity contribution is 0.276. The molecule has 0 unspecified atom stereocenters. The Balaban J connectivity index is 2.22. The van der Waals surface area contributed by atoms with Crippen LogP contribution in [0.25, 0.3) is 16.2 Å². The maximum Gasteiger partial charge on any atom is 0.194 e. The Hall–Kier alpha value is -1.85. The van der Waals surface area contributed by atoms with Crippen molar-refractivity contribution in [2.24, 2.45) is 0 Å². The third-order valence-electron chi connectivity index (χ3n) is 3.13. The Kier molecular flexibility index (Phi) is 3.00. The van der Waals surface area contributed by atoms with E-state index in [-0.39, 0.29) is 6.61 Å². The molecule has 0 fully saturated rings. The van der Waals surface area contributed by atoms with E-state index >= 15 is 0 Å². The van der Waals surface area contributed by atoms with Gasteiger partial charge in [-0.15, -0.1) is 11.3 Å². The molecule has 0 atom stereocenters. The highest BCUT2D eigenvalue weighted by atomic mass is 32.1. The number of aliphatic hydroxyl groups excluding tert-OH is 1. The van der Waals surface area contributed by atoms with E-state index in [9.17, 15) is 5.11 Å². The molecule has 1 N–H and O–H groups in total. The Bertz CT molecular complexity index is 713. The van der Waals surface area contributed by atoms with E-state index in [0.717, 1.165) is 27.7 Å². The monoisotopic (exact) mass is 274 g/mol. The molecule has 0 saturated carbocycles. The van der Waals surface area contributed by atoms with Crippen LogP contribution in [0.1, 0.15) is 10.6 Å². The van der Waals surface area contributed by atoms with Crippen LogP contribution in [-0.4, -0.2) is 21.6 Å². The van der Waals surface area contributed by atoms with Gasteiger partial charge < -0.3 is 9.84 Å². The fraction of sp³-hybridized carbons (Fsp3) is 0.214. The van der Waals surface area contributed by atoms with E-state index in [0.29, 0.717) is 0 Å². The topological polar surface area (TPSA) is 46.8 Å². The van der Waals surface area contributed by atoms with Gasteiger partial charge in [-0.05, 0) is 36.8 Å². The second-order valence-electron chi connectivity index (χ2n) is 4.26. The molecule has 0 aliphatic carbocycles. The maximum absolute atomic E-state index is 9.41. The minimum atomic E-state index is -0.0134. The predicted octanol–water partition coefficient (Wildman–Crippen LogP) is 2.87. The number of aromatic nitrogens is 2. The zero-order chi connectivity index (χ0) is 13.4. The van der Waals surface area contributed by atoms with Crippen molar-refractivity contribution in [1.82, 2.24) is 9.38 Å². The van der Waals surface area contributed by atoms with Gasteiger partial charge in [-0.25, -0.2) is 4.98 Å². The summed E-state index contributed by atoms with van der Waals surface area (Å²) in [5.41, 5.74) is 2.99. The Morgan fingerprint density at radius 1 is 1.32 bits per heavy atom. The van der Waals surface area contributed by atoms with Gasteiger partial charge in [0.15, 0.2) is 4.96 Å². The molecule has 0 bridgehead atoms. The van der Waals surface area contributed by atoms with Crippen LogP contribution in [0.4, 0.5) is 0 Å². The minimum absolute atomic E-state index is 0.0134. The fourth-order valence-electron chi connectivity index (χ4n) is 2.21. The van der Waals surface area contributed by atoms with Crippen molar-refractivity contribution in [3.8, 4) is 17.0 Å². The molecule has 3 aromatic rings. The molecule has 0 spiro atoms. The Morgan fingerprint density at radius 2 is 2.05 bits per heavy atom. The summed E-state index contributed by atoms with van der Waals surface area (Å²) in [6.07, 6.45) is 1.72. The number of imidazole rings is 1. The molecule has 2 aromatic heterocycles. The summed E-state index contributed by atoms with van der Waals surface area (Å²) in [7, 11) is 1.66. The van der Waals surface area contributed by atoms with E-state index in [2.05, 4.69) is 11.9 Å². The zero-order valence-electron chi connectivity index (χ0n) is 10.8. The summed E-state index contributed by atoms with van der Waals surface area (Å²) in [5, 5.41) is 9.41. The van der Waals surface area contributed by atoms with Gasteiger partial charge in [-0.3, -0.25) is 4.40 Å². The lowest BCUT2D eigenvalue weighted by Gasteiger charge is -2.06. The van der Waals surface area contributed by atoms with Crippen molar-refractivity contribution in [3.63, 3.8) is 0 Å². The number of fused-ring (bicyclic) bond motifs is 1. The Labute approximate surface area is 114 Å². The first kappa shape index (κ1) is 12.2. The van der Waals surface area contributed by atoms with Crippen LogP contribution in [0.15, 0.2) is 30.5 Å². The summed E-state index contributed by atoms with van der Waals surface area (Å²) in [4.78, 5) is 6.42. The van der Waals surface area contributed by atoms with Crippen LogP contribution in [0.2, 0.25) is 0 Å². The first-order valence-corrected chi connectivity index (χ1v) is 6.77. The Morgan fingerprint density at radius 3 is 2.68 bits per heavy atom. The number of methoxy groups -OCH3 is 1. The summed E-state index contributed by atoms with van der Waals surface area (Å²) >= 11 is 1.63. The average molecular weight is 274 g/mol. The third-order valence-corrected chi connectivity index (χ3v) is 4.10. The van der Waals surface area contributed by atoms with Crippen molar-refractivity contribution >= 4 is 16.3 Å². The number of hydrogen-bond acceptors (Lipinski definition) is 4. The van der Waals surface area contributed by atoms with Crippen LogP contribution in [-0.2, 0) is 6.61 Å². The van der Waals surface area contributed by atoms with Gasteiger partial charge >= 0.3 is 0 Å². The van der Waals surface area contributed by atoms with Gasteiger partial charge in [0.1, 0.15) is 5.75 Å². The molecule has 0 aliphatic rings. The average Bonchev–Trinajstić information content (AvgIpc) is 2.96. The summed E-state index contributed by atoms with van der Waals surface area (Å²) in [6.45, 7) is 2.06. The summed E-state index contributed by atoms with van der Waals surface area (Å²) < 4.78 is 7.19. The molecule has 2 heterocycles. The van der Waals surface area contributed by atoms with Crippen LogP contribution in [0.3, 0.4) is 0 Å². The van der Waals surface area contributed by atoms with Gasteiger partial charge in [0, 0.05) is 4.88 Å². The predicted molar refractivity (Wildman–Crippen MR) is 75.7 cm³/mol. The highest BCUT2D eigenvalue weighted by Gasteiger charge is 2.15. The quantitative estimate of drug-likeness (QED) is 0.799. The molecule has 5 heteroatoms. The van der Waals surface area contributed by atoms with Crippen LogP contribution >= 0.6 is 11.3 Å². The largest absolute Gasteiger partial charge is 0.497 e. The smallest absolute Gasteiger partial charge is 0.194 e. The van der Waals surface area contributed by atoms with Gasteiger partial charge in [0.25, 0.3) is 0 Å². The molecule has 0 saturated heterocycles. The van der Waals surface area contributed by atoms with Crippen molar-refractivity contribution in [2.45, 2.75) is 13.5 Å². The standard InChI is InChI=1S/C14H14N2O2S/c1-9-13(10-3-5-12(18-2)6-4-10)16-11(8-17)7-15-14(16)19-9/h3-7,17H,8H2,1-2H3. The number of thiazole rings is 1. The number of nitrogens with zero attached hydrogens (tertiary/aromatic N) is 2. The number of rotatable bonds is 3. The molecule has 3 rings (SSSR count). The molecule has 19 heavy (non-hydrogen) atoms. The highest BCUT2D eigenvalue weighted by molar-refractivity contribution is 7.17. The van der Waals surface area contributed by atoms with E-state index < -0.39 is 0 Å².